The topological polar surface area (TPSA) is 68.3 Å². The molecule has 0 aliphatic heterocycles. The summed E-state index contributed by atoms with van der Waals surface area (Å²) in [6.07, 6.45) is 2.55. The number of sulfonamides is 1. The van der Waals surface area contributed by atoms with E-state index < -0.39 is 10.0 Å². The van der Waals surface area contributed by atoms with Crippen LogP contribution in [-0.2, 0) is 10.0 Å². The van der Waals surface area contributed by atoms with Gasteiger partial charge in [-0.1, -0.05) is 42.8 Å². The van der Waals surface area contributed by atoms with E-state index in [1.807, 2.05) is 62.5 Å². The highest BCUT2D eigenvalue weighted by molar-refractivity contribution is 7.89. The highest BCUT2D eigenvalue weighted by atomic mass is 35.5. The summed E-state index contributed by atoms with van der Waals surface area (Å²) in [7, 11) is -3.51. The molecule has 4 rings (SSSR count). The lowest BCUT2D eigenvalue weighted by Gasteiger charge is -2.13. The lowest BCUT2D eigenvalue weighted by atomic mass is 9.97. The van der Waals surface area contributed by atoms with Crippen molar-refractivity contribution in [1.29, 1.82) is 0 Å². The van der Waals surface area contributed by atoms with E-state index in [9.17, 15) is 8.42 Å². The van der Waals surface area contributed by atoms with Crippen LogP contribution in [0.1, 0.15) is 18.9 Å². The molecule has 5 nitrogen and oxygen atoms in total. The molecule has 0 aliphatic carbocycles. The number of para-hydroxylation sites is 1. The summed E-state index contributed by atoms with van der Waals surface area (Å²) in [5.41, 5.74) is 3.82. The molecule has 32 heavy (non-hydrogen) atoms. The second-order valence-corrected chi connectivity index (χ2v) is 9.63. The zero-order chi connectivity index (χ0) is 22.7. The molecular weight excluding hydrogens is 444 g/mol. The van der Waals surface area contributed by atoms with Crippen molar-refractivity contribution in [3.05, 3.63) is 83.5 Å². The molecule has 0 radical (unpaired) electrons. The van der Waals surface area contributed by atoms with Gasteiger partial charge in [0.1, 0.15) is 11.5 Å². The van der Waals surface area contributed by atoms with Gasteiger partial charge in [-0.2, -0.15) is 0 Å². The van der Waals surface area contributed by atoms with E-state index in [0.717, 1.165) is 34.0 Å². The summed E-state index contributed by atoms with van der Waals surface area (Å²) in [4.78, 5) is 4.70. The van der Waals surface area contributed by atoms with Gasteiger partial charge in [-0.15, -0.1) is 0 Å². The molecule has 3 aromatic carbocycles. The monoisotopic (exact) mass is 466 g/mol. The average Bonchev–Trinajstić information content (AvgIpc) is 2.78. The molecule has 0 aliphatic rings. The van der Waals surface area contributed by atoms with Crippen molar-refractivity contribution in [2.45, 2.75) is 25.2 Å². The van der Waals surface area contributed by atoms with Gasteiger partial charge < -0.3 is 4.74 Å². The summed E-state index contributed by atoms with van der Waals surface area (Å²) >= 11 is 6.35. The first-order chi connectivity index (χ1) is 15.4. The highest BCUT2D eigenvalue weighted by Gasteiger charge is 2.14. The molecule has 0 unspecified atom stereocenters. The van der Waals surface area contributed by atoms with Gasteiger partial charge in [0.15, 0.2) is 0 Å². The molecule has 1 N–H and O–H groups in total. The number of aromatic nitrogens is 1. The maximum Gasteiger partial charge on any atom is 0.240 e. The second kappa shape index (κ2) is 9.28. The van der Waals surface area contributed by atoms with E-state index in [1.54, 1.807) is 24.3 Å². The van der Waals surface area contributed by atoms with Gasteiger partial charge in [0.2, 0.25) is 10.0 Å². The summed E-state index contributed by atoms with van der Waals surface area (Å²) in [5, 5.41) is 1.59. The van der Waals surface area contributed by atoms with Crippen LogP contribution in [0.15, 0.2) is 77.8 Å². The van der Waals surface area contributed by atoms with Crippen molar-refractivity contribution < 1.29 is 13.2 Å². The molecule has 0 bridgehead atoms. The van der Waals surface area contributed by atoms with Gasteiger partial charge in [-0.05, 0) is 72.5 Å². The summed E-state index contributed by atoms with van der Waals surface area (Å²) in [5.74, 6) is 1.20. The lowest BCUT2D eigenvalue weighted by molar-refractivity contribution is 0.482. The van der Waals surface area contributed by atoms with Crippen LogP contribution in [0.5, 0.6) is 11.5 Å². The maximum absolute atomic E-state index is 12.3. The van der Waals surface area contributed by atoms with Crippen molar-refractivity contribution in [3.8, 4) is 22.6 Å². The van der Waals surface area contributed by atoms with E-state index in [-0.39, 0.29) is 4.90 Å². The smallest absolute Gasteiger partial charge is 0.240 e. The minimum absolute atomic E-state index is 0.211. The van der Waals surface area contributed by atoms with E-state index >= 15 is 0 Å². The molecule has 0 spiro atoms. The van der Waals surface area contributed by atoms with Gasteiger partial charge >= 0.3 is 0 Å². The molecule has 0 saturated carbocycles. The van der Waals surface area contributed by atoms with Crippen LogP contribution in [-0.4, -0.2) is 19.9 Å². The van der Waals surface area contributed by atoms with Gasteiger partial charge in [0.25, 0.3) is 0 Å². The Morgan fingerprint density at radius 1 is 1.00 bits per heavy atom. The number of aryl methyl sites for hydroxylation is 1. The van der Waals surface area contributed by atoms with E-state index in [2.05, 4.69) is 9.71 Å². The predicted octanol–water partition coefficient (Wildman–Crippen LogP) is 6.34. The number of nitrogens with zero attached hydrogens (tertiary/aromatic N) is 1. The van der Waals surface area contributed by atoms with Crippen LogP contribution >= 0.6 is 11.6 Å². The Labute approximate surface area is 193 Å². The van der Waals surface area contributed by atoms with Gasteiger partial charge in [0, 0.05) is 18.1 Å². The first-order valence-corrected chi connectivity index (χ1v) is 12.2. The summed E-state index contributed by atoms with van der Waals surface area (Å²) < 4.78 is 33.1. The summed E-state index contributed by atoms with van der Waals surface area (Å²) in [6, 6.07) is 19.9. The van der Waals surface area contributed by atoms with E-state index in [1.165, 1.54) is 0 Å². The number of nitrogens with one attached hydrogen (secondary N) is 1. The Hall–Kier alpha value is -2.93. The fraction of sp³-hybridized carbons (Fsp3) is 0.160. The number of hydrogen-bond donors (Lipinski definition) is 1. The predicted molar refractivity (Wildman–Crippen MR) is 129 cm³/mol. The van der Waals surface area contributed by atoms with Crippen LogP contribution in [0.4, 0.5) is 0 Å². The third-order valence-corrected chi connectivity index (χ3v) is 6.85. The average molecular weight is 467 g/mol. The summed E-state index contributed by atoms with van der Waals surface area (Å²) in [6.45, 7) is 4.34. The lowest BCUT2D eigenvalue weighted by Crippen LogP contribution is -2.24. The molecule has 7 heteroatoms. The minimum Gasteiger partial charge on any atom is -0.457 e. The molecule has 4 aromatic rings. The largest absolute Gasteiger partial charge is 0.457 e. The molecule has 164 valence electrons. The van der Waals surface area contributed by atoms with Gasteiger partial charge in [-0.3, -0.25) is 4.98 Å². The number of benzene rings is 3. The third kappa shape index (κ3) is 4.63. The highest BCUT2D eigenvalue weighted by Crippen LogP contribution is 2.35. The zero-order valence-electron chi connectivity index (χ0n) is 17.8. The Morgan fingerprint density at radius 3 is 2.50 bits per heavy atom. The number of fused-ring (bicyclic) bond motifs is 1. The van der Waals surface area contributed by atoms with Crippen molar-refractivity contribution in [1.82, 2.24) is 9.71 Å². The quantitative estimate of drug-likeness (QED) is 0.345. The van der Waals surface area contributed by atoms with Crippen LogP contribution in [0.25, 0.3) is 22.0 Å². The van der Waals surface area contributed by atoms with Crippen molar-refractivity contribution in [2.24, 2.45) is 0 Å². The molecule has 1 aromatic heterocycles. The molecular formula is C25H23ClN2O3S. The minimum atomic E-state index is -3.51. The number of halogens is 1. The third-order valence-electron chi connectivity index (χ3n) is 5.07. The Kier molecular flexibility index (Phi) is 6.46. The van der Waals surface area contributed by atoms with Crippen LogP contribution in [0, 0.1) is 6.92 Å². The van der Waals surface area contributed by atoms with E-state index in [4.69, 9.17) is 16.3 Å². The van der Waals surface area contributed by atoms with Gasteiger partial charge in [0.05, 0.1) is 15.4 Å². The van der Waals surface area contributed by atoms with E-state index in [0.29, 0.717) is 23.1 Å². The molecule has 0 saturated heterocycles. The number of hydrogen-bond acceptors (Lipinski definition) is 4. The fourth-order valence-corrected chi connectivity index (χ4v) is 4.88. The molecule has 0 amide bonds. The number of ether oxygens (including phenoxy) is 1. The first-order valence-electron chi connectivity index (χ1n) is 10.3. The second-order valence-electron chi connectivity index (χ2n) is 7.45. The first kappa shape index (κ1) is 22.3. The Morgan fingerprint density at radius 2 is 1.75 bits per heavy atom. The van der Waals surface area contributed by atoms with Crippen LogP contribution in [0.3, 0.4) is 0 Å². The Balaban J connectivity index is 1.63. The van der Waals surface area contributed by atoms with Crippen molar-refractivity contribution >= 4 is 32.5 Å². The number of pyridine rings is 1. The van der Waals surface area contributed by atoms with Crippen LogP contribution < -0.4 is 9.46 Å². The van der Waals surface area contributed by atoms with Crippen LogP contribution in [0.2, 0.25) is 5.02 Å². The SMILES string of the molecule is CCCNS(=O)(=O)c1ccc(Oc2cccc(-c3c(C)cnc4c(Cl)cccc34)c2)cc1. The Bertz CT molecular complexity index is 1370. The zero-order valence-corrected chi connectivity index (χ0v) is 19.4. The molecule has 1 heterocycles. The molecule has 0 fully saturated rings. The molecule has 0 atom stereocenters. The van der Waals surface area contributed by atoms with Crippen molar-refractivity contribution in [3.63, 3.8) is 0 Å². The maximum atomic E-state index is 12.3. The standard InChI is InChI=1S/C25H23ClN2O3S/c1-3-14-28-32(29,30)21-12-10-19(11-13-21)31-20-7-4-6-18(15-20)24-17(2)16-27-25-22(24)8-5-9-23(25)26/h4-13,15-16,28H,3,14H2,1-2H3. The normalized spacial score (nSPS) is 11.6. The van der Waals surface area contributed by atoms with Crippen molar-refractivity contribution in [2.75, 3.05) is 6.54 Å². The van der Waals surface area contributed by atoms with Gasteiger partial charge in [-0.25, -0.2) is 13.1 Å². The number of rotatable bonds is 7. The fourth-order valence-electron chi connectivity index (χ4n) is 3.53.